The lowest BCUT2D eigenvalue weighted by molar-refractivity contribution is -0.136. The summed E-state index contributed by atoms with van der Waals surface area (Å²) in [5, 5.41) is 7.27. The minimum atomic E-state index is -0.0316. The molecule has 2 aromatic rings. The molecule has 1 atom stereocenters. The summed E-state index contributed by atoms with van der Waals surface area (Å²) in [7, 11) is 3.86. The Morgan fingerprint density at radius 3 is 2.63 bits per heavy atom. The molecule has 146 valence electrons. The zero-order valence-electron chi connectivity index (χ0n) is 16.4. The molecule has 2 heterocycles. The summed E-state index contributed by atoms with van der Waals surface area (Å²) in [6, 6.07) is 9.72. The first kappa shape index (κ1) is 19.2. The Morgan fingerprint density at radius 1 is 1.30 bits per heavy atom. The smallest absolute Gasteiger partial charge is 0.244 e. The van der Waals surface area contributed by atoms with E-state index in [4.69, 9.17) is 4.74 Å². The van der Waals surface area contributed by atoms with E-state index in [9.17, 15) is 4.79 Å². The van der Waals surface area contributed by atoms with Crippen LogP contribution in [0.4, 0.5) is 5.95 Å². The molecular weight excluding hydrogens is 342 g/mol. The van der Waals surface area contributed by atoms with Crippen LogP contribution in [0.15, 0.2) is 30.3 Å². The van der Waals surface area contributed by atoms with Crippen molar-refractivity contribution in [1.29, 1.82) is 0 Å². The zero-order valence-corrected chi connectivity index (χ0v) is 16.4. The van der Waals surface area contributed by atoms with Crippen molar-refractivity contribution in [3.8, 4) is 5.75 Å². The minimum Gasteiger partial charge on any atom is -0.494 e. The number of para-hydroxylation sites is 1. The maximum Gasteiger partial charge on any atom is 0.244 e. The number of carbonyl (C=O) groups excluding carboxylic acids is 1. The largest absolute Gasteiger partial charge is 0.494 e. The molecule has 1 saturated heterocycles. The standard InChI is InChI=1S/C20H29N5O2/c1-15(11-14-27-17-7-5-4-6-8-17)19(26)25-12-9-16(10-13-25)18-21-20(23-22-18)24(2)3/h4-8,15-16H,9-14H2,1-3H3,(H,21,22,23). The Bertz CT molecular complexity index is 723. The van der Waals surface area contributed by atoms with Crippen molar-refractivity contribution in [2.24, 2.45) is 5.92 Å². The molecule has 1 aliphatic rings. The van der Waals surface area contributed by atoms with Gasteiger partial charge in [-0.15, -0.1) is 5.10 Å². The minimum absolute atomic E-state index is 0.0316. The maximum atomic E-state index is 12.7. The third-order valence-electron chi connectivity index (χ3n) is 5.07. The number of nitrogens with one attached hydrogen (secondary N) is 1. The average Bonchev–Trinajstić information content (AvgIpc) is 3.19. The number of carbonyl (C=O) groups is 1. The summed E-state index contributed by atoms with van der Waals surface area (Å²) in [5.74, 6) is 3.01. The van der Waals surface area contributed by atoms with Gasteiger partial charge in [-0.25, -0.2) is 0 Å². The first-order valence-corrected chi connectivity index (χ1v) is 9.61. The average molecular weight is 371 g/mol. The molecule has 27 heavy (non-hydrogen) atoms. The van der Waals surface area contributed by atoms with Crippen LogP contribution in [0.2, 0.25) is 0 Å². The number of nitrogens with zero attached hydrogens (tertiary/aromatic N) is 4. The number of aromatic amines is 1. The molecule has 0 bridgehead atoms. The number of anilines is 1. The second-order valence-corrected chi connectivity index (χ2v) is 7.37. The Hall–Kier alpha value is -2.57. The van der Waals surface area contributed by atoms with E-state index >= 15 is 0 Å². The van der Waals surface area contributed by atoms with Crippen LogP contribution in [0.5, 0.6) is 5.75 Å². The van der Waals surface area contributed by atoms with Crippen molar-refractivity contribution in [1.82, 2.24) is 20.1 Å². The lowest BCUT2D eigenvalue weighted by atomic mass is 9.95. The van der Waals surface area contributed by atoms with Gasteiger partial charge in [-0.2, -0.15) is 4.98 Å². The van der Waals surface area contributed by atoms with Crippen LogP contribution in [0.25, 0.3) is 0 Å². The highest BCUT2D eigenvalue weighted by atomic mass is 16.5. The van der Waals surface area contributed by atoms with E-state index in [1.807, 2.05) is 61.2 Å². The van der Waals surface area contributed by atoms with Crippen LogP contribution < -0.4 is 9.64 Å². The van der Waals surface area contributed by atoms with E-state index in [1.54, 1.807) is 0 Å². The van der Waals surface area contributed by atoms with Crippen LogP contribution >= 0.6 is 0 Å². The Kier molecular flexibility index (Phi) is 6.32. The molecule has 0 aliphatic carbocycles. The van der Waals surface area contributed by atoms with Gasteiger partial charge in [0.15, 0.2) is 0 Å². The van der Waals surface area contributed by atoms with Gasteiger partial charge < -0.3 is 14.5 Å². The van der Waals surface area contributed by atoms with Gasteiger partial charge in [-0.3, -0.25) is 9.89 Å². The zero-order chi connectivity index (χ0) is 19.2. The Morgan fingerprint density at radius 2 is 2.00 bits per heavy atom. The monoisotopic (exact) mass is 371 g/mol. The van der Waals surface area contributed by atoms with Gasteiger partial charge >= 0.3 is 0 Å². The number of hydrogen-bond donors (Lipinski definition) is 1. The van der Waals surface area contributed by atoms with E-state index in [2.05, 4.69) is 15.2 Å². The van der Waals surface area contributed by atoms with Crippen molar-refractivity contribution < 1.29 is 9.53 Å². The van der Waals surface area contributed by atoms with E-state index < -0.39 is 0 Å². The molecule has 7 nitrogen and oxygen atoms in total. The third kappa shape index (κ3) is 4.99. The van der Waals surface area contributed by atoms with Crippen LogP contribution in [0, 0.1) is 5.92 Å². The lowest BCUT2D eigenvalue weighted by Crippen LogP contribution is -2.41. The number of benzene rings is 1. The molecule has 0 spiro atoms. The van der Waals surface area contributed by atoms with Gasteiger partial charge in [0, 0.05) is 39.0 Å². The summed E-state index contributed by atoms with van der Waals surface area (Å²) in [4.78, 5) is 21.1. The summed E-state index contributed by atoms with van der Waals surface area (Å²) >= 11 is 0. The molecule has 3 rings (SSSR count). The van der Waals surface area contributed by atoms with E-state index in [0.717, 1.165) is 43.9 Å². The van der Waals surface area contributed by atoms with Crippen molar-refractivity contribution in [2.75, 3.05) is 38.7 Å². The van der Waals surface area contributed by atoms with Crippen molar-refractivity contribution in [2.45, 2.75) is 32.1 Å². The number of hydrogen-bond acceptors (Lipinski definition) is 5. The highest BCUT2D eigenvalue weighted by molar-refractivity contribution is 5.78. The molecule has 1 fully saturated rings. The number of likely N-dealkylation sites (tertiary alicyclic amines) is 1. The number of piperidine rings is 1. The molecule has 0 radical (unpaired) electrons. The maximum absolute atomic E-state index is 12.7. The summed E-state index contributed by atoms with van der Waals surface area (Å²) in [5.41, 5.74) is 0. The molecule has 7 heteroatoms. The predicted octanol–water partition coefficient (Wildman–Crippen LogP) is 2.68. The van der Waals surface area contributed by atoms with Crippen LogP contribution in [-0.4, -0.2) is 59.8 Å². The van der Waals surface area contributed by atoms with Gasteiger partial charge in [0.1, 0.15) is 11.6 Å². The number of H-pyrrole nitrogens is 1. The van der Waals surface area contributed by atoms with Crippen molar-refractivity contribution >= 4 is 11.9 Å². The molecule has 1 aliphatic heterocycles. The molecule has 1 amide bonds. The summed E-state index contributed by atoms with van der Waals surface area (Å²) < 4.78 is 5.72. The Balaban J connectivity index is 1.43. The first-order valence-electron chi connectivity index (χ1n) is 9.61. The number of amides is 1. The van der Waals surface area contributed by atoms with Gasteiger partial charge in [0.05, 0.1) is 6.61 Å². The SMILES string of the molecule is CC(CCOc1ccccc1)C(=O)N1CCC(c2nc(N(C)C)n[nH]2)CC1. The fraction of sp³-hybridized carbons (Fsp3) is 0.550. The van der Waals surface area contributed by atoms with Crippen molar-refractivity contribution in [3.63, 3.8) is 0 Å². The number of rotatable bonds is 7. The molecular formula is C20H29N5O2. The van der Waals surface area contributed by atoms with Gasteiger partial charge in [-0.1, -0.05) is 25.1 Å². The first-order chi connectivity index (χ1) is 13.0. The second kappa shape index (κ2) is 8.88. The normalized spacial score (nSPS) is 16.2. The van der Waals surface area contributed by atoms with E-state index in [0.29, 0.717) is 18.5 Å². The molecule has 1 aromatic heterocycles. The fourth-order valence-electron chi connectivity index (χ4n) is 3.33. The van der Waals surface area contributed by atoms with Crippen LogP contribution in [-0.2, 0) is 4.79 Å². The van der Waals surface area contributed by atoms with Gasteiger partial charge in [0.25, 0.3) is 0 Å². The molecule has 0 saturated carbocycles. The van der Waals surface area contributed by atoms with Gasteiger partial charge in [-0.05, 0) is 31.4 Å². The summed E-state index contributed by atoms with van der Waals surface area (Å²) in [6.07, 6.45) is 2.56. The molecule has 1 aromatic carbocycles. The number of aromatic nitrogens is 3. The molecule has 1 N–H and O–H groups in total. The number of ether oxygens (including phenoxy) is 1. The van der Waals surface area contributed by atoms with Crippen LogP contribution in [0.3, 0.4) is 0 Å². The summed E-state index contributed by atoms with van der Waals surface area (Å²) in [6.45, 7) is 4.08. The predicted molar refractivity (Wildman–Crippen MR) is 105 cm³/mol. The van der Waals surface area contributed by atoms with E-state index in [-0.39, 0.29) is 11.8 Å². The highest BCUT2D eigenvalue weighted by Gasteiger charge is 2.28. The topological polar surface area (TPSA) is 74.3 Å². The fourth-order valence-corrected chi connectivity index (χ4v) is 3.33. The Labute approximate surface area is 160 Å². The third-order valence-corrected chi connectivity index (χ3v) is 5.07. The quantitative estimate of drug-likeness (QED) is 0.810. The highest BCUT2D eigenvalue weighted by Crippen LogP contribution is 2.27. The van der Waals surface area contributed by atoms with Crippen molar-refractivity contribution in [3.05, 3.63) is 36.2 Å². The molecule has 1 unspecified atom stereocenters. The lowest BCUT2D eigenvalue weighted by Gasteiger charge is -2.32. The second-order valence-electron chi connectivity index (χ2n) is 7.37. The van der Waals surface area contributed by atoms with Crippen LogP contribution in [0.1, 0.15) is 37.9 Å². The van der Waals surface area contributed by atoms with Gasteiger partial charge in [0.2, 0.25) is 11.9 Å². The van der Waals surface area contributed by atoms with E-state index in [1.165, 1.54) is 0 Å².